The van der Waals surface area contributed by atoms with Gasteiger partial charge >= 0.3 is 12.1 Å². The molecule has 10 nitrogen and oxygen atoms in total. The van der Waals surface area contributed by atoms with Crippen LogP contribution in [0.2, 0.25) is 0 Å². The zero-order valence-electron chi connectivity index (χ0n) is 22.6. The van der Waals surface area contributed by atoms with E-state index in [1.54, 1.807) is 70.7 Å². The number of amides is 2. The number of hydrogen-bond donors (Lipinski definition) is 2. The summed E-state index contributed by atoms with van der Waals surface area (Å²) in [6.07, 6.45) is 0.566. The molecule has 0 saturated carbocycles. The van der Waals surface area contributed by atoms with Crippen LogP contribution < -0.4 is 5.32 Å². The van der Waals surface area contributed by atoms with Crippen molar-refractivity contribution in [2.45, 2.75) is 84.5 Å². The fourth-order valence-electron chi connectivity index (χ4n) is 3.65. The Balaban J connectivity index is 1.74. The number of alkyl carbamates (subject to hydrolysis) is 1. The van der Waals surface area contributed by atoms with E-state index in [1.807, 2.05) is 0 Å². The van der Waals surface area contributed by atoms with Crippen LogP contribution in [0.5, 0.6) is 0 Å². The summed E-state index contributed by atoms with van der Waals surface area (Å²) in [4.78, 5) is 50.5. The summed E-state index contributed by atoms with van der Waals surface area (Å²) in [7, 11) is 0. The number of Topliss-reactive ketones (excluding diaryl/α,β-unsaturated/α-hetero) is 1. The number of benzene rings is 1. The lowest BCUT2D eigenvalue weighted by Crippen LogP contribution is -2.41. The van der Waals surface area contributed by atoms with Gasteiger partial charge in [0.2, 0.25) is 5.91 Å². The number of hydrogen-bond acceptors (Lipinski definition) is 8. The van der Waals surface area contributed by atoms with Gasteiger partial charge in [0.1, 0.15) is 23.6 Å². The Kier molecular flexibility index (Phi) is 10.4. The maximum atomic E-state index is 12.6. The molecule has 1 aliphatic rings. The fourth-order valence-corrected chi connectivity index (χ4v) is 3.65. The highest BCUT2D eigenvalue weighted by Gasteiger charge is 2.25. The van der Waals surface area contributed by atoms with Gasteiger partial charge in [-0.05, 0) is 54.4 Å². The Morgan fingerprint density at radius 3 is 1.97 bits per heavy atom. The van der Waals surface area contributed by atoms with Gasteiger partial charge in [-0.3, -0.25) is 20.3 Å². The van der Waals surface area contributed by atoms with Crippen molar-refractivity contribution in [3.05, 3.63) is 35.4 Å². The van der Waals surface area contributed by atoms with Crippen molar-refractivity contribution >= 4 is 29.6 Å². The third kappa shape index (κ3) is 11.1. The standard InChI is InChI=1S/C27H39N3O7/c1-26(2,3)36-23(33)17-35-20-13-15-30(16-14-20)22(32)12-11-21(31)18-7-9-19(10-8-18)24(28)29-25(34)37-27(4,5)6/h7-10,20H,11-17H2,1-6H3,(H2,28,29,34). The van der Waals surface area contributed by atoms with Crippen LogP contribution in [0.1, 0.15) is 83.1 Å². The molecule has 0 aromatic heterocycles. The van der Waals surface area contributed by atoms with Crippen molar-refractivity contribution in [1.29, 1.82) is 5.41 Å². The Hall–Kier alpha value is -3.27. The molecule has 1 saturated heterocycles. The van der Waals surface area contributed by atoms with Crippen LogP contribution in [0, 0.1) is 5.41 Å². The molecule has 0 spiro atoms. The van der Waals surface area contributed by atoms with Gasteiger partial charge in [-0.25, -0.2) is 9.59 Å². The lowest BCUT2D eigenvalue weighted by molar-refractivity contribution is -0.163. The Bertz CT molecular complexity index is 983. The number of amidine groups is 1. The summed E-state index contributed by atoms with van der Waals surface area (Å²) in [5, 5.41) is 10.4. The maximum Gasteiger partial charge on any atom is 0.413 e. The van der Waals surface area contributed by atoms with E-state index in [0.717, 1.165) is 0 Å². The normalized spacial score (nSPS) is 14.6. The zero-order valence-corrected chi connectivity index (χ0v) is 22.6. The molecular weight excluding hydrogens is 478 g/mol. The lowest BCUT2D eigenvalue weighted by Gasteiger charge is -2.32. The molecule has 37 heavy (non-hydrogen) atoms. The fraction of sp³-hybridized carbons (Fsp3) is 0.593. The second-order valence-electron chi connectivity index (χ2n) is 11.0. The molecule has 1 heterocycles. The van der Waals surface area contributed by atoms with Crippen molar-refractivity contribution in [1.82, 2.24) is 10.2 Å². The highest BCUT2D eigenvalue weighted by molar-refractivity contribution is 6.05. The summed E-state index contributed by atoms with van der Waals surface area (Å²) < 4.78 is 16.0. The Labute approximate surface area is 218 Å². The topological polar surface area (TPSA) is 135 Å². The molecule has 10 heteroatoms. The summed E-state index contributed by atoms with van der Waals surface area (Å²) >= 11 is 0. The summed E-state index contributed by atoms with van der Waals surface area (Å²) in [5.74, 6) is -0.823. The number of esters is 1. The smallest absolute Gasteiger partial charge is 0.413 e. The molecule has 1 aliphatic heterocycles. The van der Waals surface area contributed by atoms with E-state index in [4.69, 9.17) is 19.6 Å². The van der Waals surface area contributed by atoms with Gasteiger partial charge < -0.3 is 19.1 Å². The van der Waals surface area contributed by atoms with Gasteiger partial charge in [0.15, 0.2) is 5.78 Å². The van der Waals surface area contributed by atoms with Crippen LogP contribution in [0.25, 0.3) is 0 Å². The zero-order chi connectivity index (χ0) is 27.8. The minimum atomic E-state index is -0.727. The lowest BCUT2D eigenvalue weighted by atomic mass is 10.0. The first-order chi connectivity index (χ1) is 17.1. The molecule has 2 N–H and O–H groups in total. The second-order valence-corrected chi connectivity index (χ2v) is 11.0. The summed E-state index contributed by atoms with van der Waals surface area (Å²) in [5.41, 5.74) is -0.382. The van der Waals surface area contributed by atoms with E-state index >= 15 is 0 Å². The molecule has 204 valence electrons. The van der Waals surface area contributed by atoms with Crippen molar-refractivity contribution in [3.63, 3.8) is 0 Å². The first-order valence-corrected chi connectivity index (χ1v) is 12.5. The molecule has 2 rings (SSSR count). The number of rotatable bonds is 8. The molecular formula is C27H39N3O7. The number of nitrogens with zero attached hydrogens (tertiary/aromatic N) is 1. The molecule has 0 unspecified atom stereocenters. The molecule has 1 fully saturated rings. The number of carbonyl (C=O) groups is 4. The van der Waals surface area contributed by atoms with E-state index in [2.05, 4.69) is 5.32 Å². The molecule has 1 aromatic rings. The van der Waals surface area contributed by atoms with Crippen LogP contribution in [0.4, 0.5) is 4.79 Å². The third-order valence-electron chi connectivity index (χ3n) is 5.34. The number of ether oxygens (including phenoxy) is 3. The van der Waals surface area contributed by atoms with Gasteiger partial charge in [0.05, 0.1) is 6.10 Å². The average molecular weight is 518 g/mol. The van der Waals surface area contributed by atoms with Crippen LogP contribution in [0.3, 0.4) is 0 Å². The van der Waals surface area contributed by atoms with Crippen molar-refractivity contribution in [2.24, 2.45) is 0 Å². The average Bonchev–Trinajstić information content (AvgIpc) is 2.79. The van der Waals surface area contributed by atoms with Gasteiger partial charge in [-0.1, -0.05) is 24.3 Å². The molecule has 0 atom stereocenters. The Morgan fingerprint density at radius 2 is 1.43 bits per heavy atom. The molecule has 1 aromatic carbocycles. The minimum Gasteiger partial charge on any atom is -0.458 e. The SMILES string of the molecule is CC(C)(C)OC(=O)COC1CCN(C(=O)CCC(=O)c2ccc(C(=N)NC(=O)OC(C)(C)C)cc2)CC1. The quantitative estimate of drug-likeness (QED) is 0.231. The number of piperidine rings is 1. The van der Waals surface area contributed by atoms with E-state index < -0.39 is 23.3 Å². The summed E-state index contributed by atoms with van der Waals surface area (Å²) in [6, 6.07) is 6.27. The maximum absolute atomic E-state index is 12.6. The van der Waals surface area contributed by atoms with Crippen LogP contribution in [-0.2, 0) is 23.8 Å². The van der Waals surface area contributed by atoms with Crippen LogP contribution in [0.15, 0.2) is 24.3 Å². The molecule has 0 radical (unpaired) electrons. The number of likely N-dealkylation sites (tertiary alicyclic amines) is 1. The van der Waals surface area contributed by atoms with Gasteiger partial charge in [-0.2, -0.15) is 0 Å². The van der Waals surface area contributed by atoms with E-state index in [9.17, 15) is 19.2 Å². The largest absolute Gasteiger partial charge is 0.458 e. The van der Waals surface area contributed by atoms with Crippen molar-refractivity contribution < 1.29 is 33.4 Å². The highest BCUT2D eigenvalue weighted by atomic mass is 16.6. The second kappa shape index (κ2) is 12.8. The van der Waals surface area contributed by atoms with E-state index in [1.165, 1.54) is 0 Å². The first kappa shape index (κ1) is 30.0. The Morgan fingerprint density at radius 1 is 0.892 bits per heavy atom. The number of carbonyl (C=O) groups excluding carboxylic acids is 4. The number of nitrogens with one attached hydrogen (secondary N) is 2. The van der Waals surface area contributed by atoms with Crippen LogP contribution >= 0.6 is 0 Å². The summed E-state index contributed by atoms with van der Waals surface area (Å²) in [6.45, 7) is 11.5. The van der Waals surface area contributed by atoms with Gasteiger partial charge in [0.25, 0.3) is 0 Å². The van der Waals surface area contributed by atoms with Gasteiger partial charge in [-0.15, -0.1) is 0 Å². The predicted molar refractivity (Wildman–Crippen MR) is 138 cm³/mol. The van der Waals surface area contributed by atoms with Crippen molar-refractivity contribution in [3.8, 4) is 0 Å². The molecule has 0 aliphatic carbocycles. The van der Waals surface area contributed by atoms with E-state index in [0.29, 0.717) is 37.1 Å². The predicted octanol–water partition coefficient (Wildman–Crippen LogP) is 3.85. The third-order valence-corrected chi connectivity index (χ3v) is 5.34. The van der Waals surface area contributed by atoms with Crippen LogP contribution in [-0.4, -0.2) is 71.5 Å². The minimum absolute atomic E-state index is 0.0703. The van der Waals surface area contributed by atoms with Gasteiger partial charge in [0, 0.05) is 37.1 Å². The molecule has 0 bridgehead atoms. The van der Waals surface area contributed by atoms with Crippen molar-refractivity contribution in [2.75, 3.05) is 19.7 Å². The monoisotopic (exact) mass is 517 g/mol. The highest BCUT2D eigenvalue weighted by Crippen LogP contribution is 2.17. The number of ketones is 1. The molecule has 2 amide bonds. The first-order valence-electron chi connectivity index (χ1n) is 12.5. The van der Waals surface area contributed by atoms with E-state index in [-0.39, 0.29) is 43.1 Å².